The normalized spacial score (nSPS) is 33.9. The molecule has 38 heavy (non-hydrogen) atoms. The first-order valence-corrected chi connectivity index (χ1v) is 15.3. The molecule has 8 heteroatoms. The fourth-order valence-electron chi connectivity index (χ4n) is 7.31. The van der Waals surface area contributed by atoms with Crippen LogP contribution in [0, 0.1) is 17.8 Å². The summed E-state index contributed by atoms with van der Waals surface area (Å²) in [5, 5.41) is 0. The van der Waals surface area contributed by atoms with Crippen molar-refractivity contribution in [2.24, 2.45) is 17.8 Å². The zero-order chi connectivity index (χ0) is 27.5. The molecule has 218 valence electrons. The maximum Gasteiger partial charge on any atom is 0.240 e. The van der Waals surface area contributed by atoms with Crippen LogP contribution in [0.3, 0.4) is 0 Å². The van der Waals surface area contributed by atoms with Crippen LogP contribution in [-0.4, -0.2) is 121 Å². The second-order valence-corrected chi connectivity index (χ2v) is 13.6. The summed E-state index contributed by atoms with van der Waals surface area (Å²) in [5.41, 5.74) is -0.810. The summed E-state index contributed by atoms with van der Waals surface area (Å²) in [6.07, 6.45) is 6.81. The van der Waals surface area contributed by atoms with Crippen LogP contribution in [0.5, 0.6) is 0 Å². The molecule has 4 saturated heterocycles. The third kappa shape index (κ3) is 6.80. The largest absolute Gasteiger partial charge is 0.349 e. The van der Waals surface area contributed by atoms with Crippen LogP contribution in [0.2, 0.25) is 0 Å². The van der Waals surface area contributed by atoms with Crippen molar-refractivity contribution >= 4 is 12.2 Å². The lowest BCUT2D eigenvalue weighted by Crippen LogP contribution is -2.68. The molecule has 4 heterocycles. The van der Waals surface area contributed by atoms with Crippen LogP contribution >= 0.6 is 0 Å². The summed E-state index contributed by atoms with van der Waals surface area (Å²) < 4.78 is 12.9. The van der Waals surface area contributed by atoms with Crippen molar-refractivity contribution in [3.63, 3.8) is 0 Å². The number of hydrogen-bond acceptors (Lipinski definition) is 7. The molecule has 8 nitrogen and oxygen atoms in total. The van der Waals surface area contributed by atoms with Gasteiger partial charge in [-0.25, -0.2) is 0 Å². The summed E-state index contributed by atoms with van der Waals surface area (Å²) in [7, 11) is 2.04. The van der Waals surface area contributed by atoms with Gasteiger partial charge < -0.3 is 24.1 Å². The summed E-state index contributed by atoms with van der Waals surface area (Å²) >= 11 is 0. The van der Waals surface area contributed by atoms with Gasteiger partial charge in [0.2, 0.25) is 5.91 Å². The number of amides is 1. The van der Waals surface area contributed by atoms with Crippen LogP contribution in [-0.2, 0) is 19.1 Å². The van der Waals surface area contributed by atoms with Gasteiger partial charge in [-0.2, -0.15) is 0 Å². The highest BCUT2D eigenvalue weighted by molar-refractivity contribution is 5.87. The molecule has 4 aliphatic rings. The van der Waals surface area contributed by atoms with Crippen molar-refractivity contribution in [1.82, 2.24) is 19.6 Å². The number of piperazine rings is 1. The molecule has 1 amide bonds. The van der Waals surface area contributed by atoms with E-state index in [9.17, 15) is 9.59 Å². The SMILES string of the molecule is CC(C)C[C@H]1C(=O)N([C@](C=O)(CC(C)C)CN2CCC3(C[C@H]2C)OCC(CN2CCCC2)CO3)CCN1C. The van der Waals surface area contributed by atoms with E-state index in [1.165, 1.54) is 25.9 Å². The van der Waals surface area contributed by atoms with E-state index < -0.39 is 11.3 Å². The molecule has 0 radical (unpaired) electrons. The van der Waals surface area contributed by atoms with Crippen LogP contribution in [0.15, 0.2) is 0 Å². The lowest BCUT2D eigenvalue weighted by Gasteiger charge is -2.53. The van der Waals surface area contributed by atoms with Gasteiger partial charge in [0.1, 0.15) is 11.8 Å². The first kappa shape index (κ1) is 29.9. The molecule has 0 aromatic carbocycles. The smallest absolute Gasteiger partial charge is 0.240 e. The maximum absolute atomic E-state index is 13.8. The third-order valence-corrected chi connectivity index (χ3v) is 9.34. The summed E-state index contributed by atoms with van der Waals surface area (Å²) in [4.78, 5) is 35.9. The van der Waals surface area contributed by atoms with Crippen molar-refractivity contribution in [2.45, 2.75) is 96.6 Å². The molecule has 0 aromatic rings. The number of likely N-dealkylation sites (tertiary alicyclic amines) is 2. The number of piperidine rings is 1. The minimum absolute atomic E-state index is 0.115. The van der Waals surface area contributed by atoms with E-state index in [0.29, 0.717) is 37.3 Å². The van der Waals surface area contributed by atoms with Crippen molar-refractivity contribution in [3.05, 3.63) is 0 Å². The molecule has 0 N–H and O–H groups in total. The molecule has 0 aliphatic carbocycles. The molecular weight excluding hydrogens is 480 g/mol. The lowest BCUT2D eigenvalue weighted by molar-refractivity contribution is -0.305. The highest BCUT2D eigenvalue weighted by Crippen LogP contribution is 2.37. The standard InChI is InChI=1S/C30H54N4O4/c1-23(2)15-27-28(36)34(14-13-31(27)6)29(22-35,16-24(3)4)21-33-12-9-30(17-25(33)5)37-19-26(20-38-30)18-32-10-7-8-11-32/h22-27H,7-21H2,1-6H3/t25-,26?,27+,29-,30?/m1/s1. The van der Waals surface area contributed by atoms with Crippen molar-refractivity contribution in [3.8, 4) is 0 Å². The average molecular weight is 535 g/mol. The number of aldehydes is 1. The quantitative estimate of drug-likeness (QED) is 0.399. The van der Waals surface area contributed by atoms with E-state index in [-0.39, 0.29) is 18.0 Å². The Labute approximate surface area is 231 Å². The molecule has 0 aromatic heterocycles. The Bertz CT molecular complexity index is 793. The molecule has 0 bridgehead atoms. The Morgan fingerprint density at radius 3 is 2.29 bits per heavy atom. The second-order valence-electron chi connectivity index (χ2n) is 13.6. The molecule has 4 rings (SSSR count). The third-order valence-electron chi connectivity index (χ3n) is 9.34. The van der Waals surface area contributed by atoms with Gasteiger partial charge >= 0.3 is 0 Å². The summed E-state index contributed by atoms with van der Waals surface area (Å²) in [6, 6.07) is 0.0502. The van der Waals surface area contributed by atoms with E-state index in [4.69, 9.17) is 9.47 Å². The number of hydrogen-bond donors (Lipinski definition) is 0. The minimum atomic E-state index is -0.810. The van der Waals surface area contributed by atoms with E-state index in [1.807, 2.05) is 11.9 Å². The monoisotopic (exact) mass is 534 g/mol. The van der Waals surface area contributed by atoms with E-state index in [0.717, 1.165) is 58.4 Å². The van der Waals surface area contributed by atoms with Gasteiger partial charge in [-0.3, -0.25) is 14.6 Å². The average Bonchev–Trinajstić information content (AvgIpc) is 3.37. The number of carbonyl (C=O) groups is 2. The fraction of sp³-hybridized carbons (Fsp3) is 0.933. The predicted octanol–water partition coefficient (Wildman–Crippen LogP) is 3.10. The summed E-state index contributed by atoms with van der Waals surface area (Å²) in [5.74, 6) is 0.781. The molecule has 4 aliphatic heterocycles. The Kier molecular flexibility index (Phi) is 9.94. The number of rotatable bonds is 10. The van der Waals surface area contributed by atoms with Crippen molar-refractivity contribution in [1.29, 1.82) is 0 Å². The number of ether oxygens (including phenoxy) is 2. The number of carbonyl (C=O) groups excluding carboxylic acids is 2. The Morgan fingerprint density at radius 1 is 1.03 bits per heavy atom. The zero-order valence-corrected chi connectivity index (χ0v) is 25.0. The van der Waals surface area contributed by atoms with E-state index in [1.54, 1.807) is 0 Å². The van der Waals surface area contributed by atoms with Crippen LogP contribution in [0.4, 0.5) is 0 Å². The minimum Gasteiger partial charge on any atom is -0.349 e. The van der Waals surface area contributed by atoms with Gasteiger partial charge in [-0.15, -0.1) is 0 Å². The maximum atomic E-state index is 13.8. The van der Waals surface area contributed by atoms with Crippen molar-refractivity contribution in [2.75, 3.05) is 66.1 Å². The molecule has 1 spiro atoms. The molecule has 0 unspecified atom stereocenters. The van der Waals surface area contributed by atoms with E-state index in [2.05, 4.69) is 49.3 Å². The van der Waals surface area contributed by atoms with Crippen LogP contribution in [0.1, 0.15) is 73.1 Å². The fourth-order valence-corrected chi connectivity index (χ4v) is 7.31. The first-order valence-electron chi connectivity index (χ1n) is 15.3. The highest BCUT2D eigenvalue weighted by atomic mass is 16.7. The van der Waals surface area contributed by atoms with Gasteiger partial charge in [0.25, 0.3) is 0 Å². The van der Waals surface area contributed by atoms with Crippen LogP contribution < -0.4 is 0 Å². The zero-order valence-electron chi connectivity index (χ0n) is 25.0. The van der Waals surface area contributed by atoms with Gasteiger partial charge in [-0.05, 0) is 64.6 Å². The lowest BCUT2D eigenvalue weighted by atomic mass is 9.84. The first-order chi connectivity index (χ1) is 18.1. The molecule has 0 saturated carbocycles. The highest BCUT2D eigenvalue weighted by Gasteiger charge is 2.49. The van der Waals surface area contributed by atoms with Crippen LogP contribution in [0.25, 0.3) is 0 Å². The van der Waals surface area contributed by atoms with Gasteiger partial charge in [0.05, 0.1) is 19.3 Å². The molecule has 3 atom stereocenters. The number of nitrogens with zero attached hydrogens (tertiary/aromatic N) is 4. The van der Waals surface area contributed by atoms with Crippen molar-refractivity contribution < 1.29 is 19.1 Å². The van der Waals surface area contributed by atoms with Gasteiger partial charge in [0.15, 0.2) is 5.79 Å². The molecule has 4 fully saturated rings. The topological polar surface area (TPSA) is 65.6 Å². The summed E-state index contributed by atoms with van der Waals surface area (Å²) in [6.45, 7) is 18.7. The van der Waals surface area contributed by atoms with E-state index >= 15 is 0 Å². The second kappa shape index (κ2) is 12.6. The number of likely N-dealkylation sites (N-methyl/N-ethyl adjacent to an activating group) is 1. The molecular formula is C30H54N4O4. The predicted molar refractivity (Wildman–Crippen MR) is 150 cm³/mol. The Morgan fingerprint density at radius 2 is 1.71 bits per heavy atom. The van der Waals surface area contributed by atoms with Gasteiger partial charge in [-0.1, -0.05) is 27.7 Å². The van der Waals surface area contributed by atoms with Gasteiger partial charge in [0, 0.05) is 57.5 Å². The Hall–Kier alpha value is -1.06. The Balaban J connectivity index is 1.42.